The highest BCUT2D eigenvalue weighted by molar-refractivity contribution is 5.48. The summed E-state index contributed by atoms with van der Waals surface area (Å²) in [6.45, 7) is 15.7. The number of hydrogen-bond donors (Lipinski definition) is 1. The molecule has 0 unspecified atom stereocenters. The molecule has 0 amide bonds. The Balaban J connectivity index is 1.74. The van der Waals surface area contributed by atoms with Gasteiger partial charge in [0.05, 0.1) is 13.2 Å². The third kappa shape index (κ3) is 8.81. The first-order valence-electron chi connectivity index (χ1n) is 10.9. The maximum Gasteiger partial charge on any atom is 0.122 e. The van der Waals surface area contributed by atoms with Gasteiger partial charge in [-0.25, -0.2) is 0 Å². The Morgan fingerprint density at radius 3 is 2.52 bits per heavy atom. The molecule has 3 heteroatoms. The number of anilines is 1. The third-order valence-corrected chi connectivity index (χ3v) is 5.17. The van der Waals surface area contributed by atoms with Crippen molar-refractivity contribution < 1.29 is 9.47 Å². The second-order valence-electron chi connectivity index (χ2n) is 9.30. The Kier molecular flexibility index (Phi) is 8.88. The Labute approximate surface area is 177 Å². The molecule has 0 aliphatic rings. The average molecular weight is 398 g/mol. The molecule has 0 spiro atoms. The fourth-order valence-electron chi connectivity index (χ4n) is 3.13. The molecular weight excluding hydrogens is 358 g/mol. The standard InChI is InChI=1S/C26H39NO2/c1-20(2)13-16-28-24-10-7-9-23(18-24)27-19-26(5,6)14-8-15-29-25-17-21(3)11-12-22(25)4/h7,9-12,17-18,20,27H,8,13-16,19H2,1-6H3. The van der Waals surface area contributed by atoms with Crippen molar-refractivity contribution in [1.82, 2.24) is 0 Å². The fraction of sp³-hybridized carbons (Fsp3) is 0.538. The smallest absolute Gasteiger partial charge is 0.122 e. The van der Waals surface area contributed by atoms with Crippen LogP contribution in [0.15, 0.2) is 42.5 Å². The van der Waals surface area contributed by atoms with Crippen molar-refractivity contribution in [3.05, 3.63) is 53.6 Å². The lowest BCUT2D eigenvalue weighted by Crippen LogP contribution is -2.23. The monoisotopic (exact) mass is 397 g/mol. The predicted molar refractivity (Wildman–Crippen MR) is 124 cm³/mol. The molecular formula is C26H39NO2. The first-order valence-corrected chi connectivity index (χ1v) is 10.9. The van der Waals surface area contributed by atoms with Gasteiger partial charge >= 0.3 is 0 Å². The summed E-state index contributed by atoms with van der Waals surface area (Å²) in [4.78, 5) is 0. The molecule has 0 bridgehead atoms. The van der Waals surface area contributed by atoms with E-state index in [4.69, 9.17) is 9.47 Å². The second kappa shape index (κ2) is 11.1. The normalized spacial score (nSPS) is 11.6. The quantitative estimate of drug-likeness (QED) is 0.390. The molecule has 2 aromatic carbocycles. The van der Waals surface area contributed by atoms with Gasteiger partial charge in [0.2, 0.25) is 0 Å². The molecule has 0 radical (unpaired) electrons. The van der Waals surface area contributed by atoms with Crippen molar-refractivity contribution in [2.75, 3.05) is 25.1 Å². The molecule has 0 fully saturated rings. The van der Waals surface area contributed by atoms with E-state index in [2.05, 4.69) is 83.3 Å². The van der Waals surface area contributed by atoms with Crippen molar-refractivity contribution in [3.63, 3.8) is 0 Å². The van der Waals surface area contributed by atoms with Gasteiger partial charge in [-0.15, -0.1) is 0 Å². The number of hydrogen-bond acceptors (Lipinski definition) is 3. The summed E-state index contributed by atoms with van der Waals surface area (Å²) in [5, 5.41) is 3.58. The molecule has 0 aliphatic carbocycles. The van der Waals surface area contributed by atoms with Gasteiger partial charge in [0.25, 0.3) is 0 Å². The molecule has 0 saturated heterocycles. The summed E-state index contributed by atoms with van der Waals surface area (Å²) in [6.07, 6.45) is 3.23. The van der Waals surface area contributed by atoms with E-state index in [1.807, 2.05) is 6.07 Å². The maximum absolute atomic E-state index is 6.01. The molecule has 0 aromatic heterocycles. The topological polar surface area (TPSA) is 30.5 Å². The molecule has 1 N–H and O–H groups in total. The van der Waals surface area contributed by atoms with Crippen LogP contribution in [0.2, 0.25) is 0 Å². The summed E-state index contributed by atoms with van der Waals surface area (Å²) in [5.41, 5.74) is 3.75. The highest BCUT2D eigenvalue weighted by atomic mass is 16.5. The van der Waals surface area contributed by atoms with Crippen LogP contribution in [0.5, 0.6) is 11.5 Å². The first kappa shape index (κ1) is 23.1. The fourth-order valence-corrected chi connectivity index (χ4v) is 3.13. The van der Waals surface area contributed by atoms with Gasteiger partial charge in [0.1, 0.15) is 11.5 Å². The average Bonchev–Trinajstić information content (AvgIpc) is 2.66. The summed E-state index contributed by atoms with van der Waals surface area (Å²) < 4.78 is 11.9. The van der Waals surface area contributed by atoms with Gasteiger partial charge in [-0.05, 0) is 73.8 Å². The molecule has 0 atom stereocenters. The van der Waals surface area contributed by atoms with Gasteiger partial charge in [-0.1, -0.05) is 45.9 Å². The van der Waals surface area contributed by atoms with E-state index in [0.29, 0.717) is 5.92 Å². The minimum absolute atomic E-state index is 0.194. The van der Waals surface area contributed by atoms with Gasteiger partial charge in [0.15, 0.2) is 0 Å². The minimum Gasteiger partial charge on any atom is -0.494 e. The zero-order valence-electron chi connectivity index (χ0n) is 19.2. The van der Waals surface area contributed by atoms with Crippen LogP contribution in [0, 0.1) is 25.2 Å². The molecule has 0 heterocycles. The number of aryl methyl sites for hydroxylation is 2. The van der Waals surface area contributed by atoms with Crippen molar-refractivity contribution in [2.24, 2.45) is 11.3 Å². The SMILES string of the molecule is Cc1ccc(C)c(OCCCC(C)(C)CNc2cccc(OCCC(C)C)c2)c1. The zero-order valence-corrected chi connectivity index (χ0v) is 19.2. The molecule has 29 heavy (non-hydrogen) atoms. The van der Waals surface area contributed by atoms with Crippen LogP contribution in [0.25, 0.3) is 0 Å². The Hall–Kier alpha value is -2.16. The number of ether oxygens (including phenoxy) is 2. The number of benzene rings is 2. The molecule has 160 valence electrons. The Morgan fingerprint density at radius 1 is 0.966 bits per heavy atom. The van der Waals surface area contributed by atoms with Crippen LogP contribution in [0.4, 0.5) is 5.69 Å². The van der Waals surface area contributed by atoms with E-state index in [-0.39, 0.29) is 5.41 Å². The van der Waals surface area contributed by atoms with Crippen LogP contribution < -0.4 is 14.8 Å². The molecule has 2 rings (SSSR count). The summed E-state index contributed by atoms with van der Waals surface area (Å²) in [6, 6.07) is 14.7. The van der Waals surface area contributed by atoms with Gasteiger partial charge in [-0.2, -0.15) is 0 Å². The lowest BCUT2D eigenvalue weighted by Gasteiger charge is -2.26. The maximum atomic E-state index is 6.01. The largest absolute Gasteiger partial charge is 0.494 e. The first-order chi connectivity index (χ1) is 13.7. The van der Waals surface area contributed by atoms with E-state index in [0.717, 1.165) is 56.2 Å². The van der Waals surface area contributed by atoms with Crippen LogP contribution in [0.1, 0.15) is 58.1 Å². The second-order valence-corrected chi connectivity index (χ2v) is 9.30. The summed E-state index contributed by atoms with van der Waals surface area (Å²) in [5.74, 6) is 2.61. The van der Waals surface area contributed by atoms with E-state index in [1.165, 1.54) is 11.1 Å². The van der Waals surface area contributed by atoms with Crippen LogP contribution in [-0.4, -0.2) is 19.8 Å². The number of nitrogens with one attached hydrogen (secondary N) is 1. The van der Waals surface area contributed by atoms with Crippen molar-refractivity contribution in [3.8, 4) is 11.5 Å². The predicted octanol–water partition coefficient (Wildman–Crippen LogP) is 7.03. The van der Waals surface area contributed by atoms with Crippen LogP contribution >= 0.6 is 0 Å². The zero-order chi connectivity index (χ0) is 21.3. The molecule has 0 aliphatic heterocycles. The Bertz CT molecular complexity index is 752. The van der Waals surface area contributed by atoms with Gasteiger partial charge < -0.3 is 14.8 Å². The van der Waals surface area contributed by atoms with Crippen molar-refractivity contribution >= 4 is 5.69 Å². The highest BCUT2D eigenvalue weighted by Crippen LogP contribution is 2.26. The lowest BCUT2D eigenvalue weighted by molar-refractivity contribution is 0.263. The van der Waals surface area contributed by atoms with E-state index < -0.39 is 0 Å². The summed E-state index contributed by atoms with van der Waals surface area (Å²) in [7, 11) is 0. The van der Waals surface area contributed by atoms with E-state index in [9.17, 15) is 0 Å². The number of rotatable bonds is 12. The Morgan fingerprint density at radius 2 is 1.76 bits per heavy atom. The molecule has 0 saturated carbocycles. The molecule has 2 aromatic rings. The minimum atomic E-state index is 0.194. The van der Waals surface area contributed by atoms with Crippen LogP contribution in [-0.2, 0) is 0 Å². The van der Waals surface area contributed by atoms with Gasteiger partial charge in [-0.3, -0.25) is 0 Å². The van der Waals surface area contributed by atoms with E-state index >= 15 is 0 Å². The van der Waals surface area contributed by atoms with Crippen molar-refractivity contribution in [1.29, 1.82) is 0 Å². The lowest BCUT2D eigenvalue weighted by atomic mass is 9.88. The third-order valence-electron chi connectivity index (χ3n) is 5.17. The van der Waals surface area contributed by atoms with Crippen molar-refractivity contribution in [2.45, 2.75) is 60.8 Å². The molecule has 3 nitrogen and oxygen atoms in total. The van der Waals surface area contributed by atoms with Gasteiger partial charge in [0, 0.05) is 18.3 Å². The van der Waals surface area contributed by atoms with E-state index in [1.54, 1.807) is 0 Å². The summed E-state index contributed by atoms with van der Waals surface area (Å²) >= 11 is 0. The highest BCUT2D eigenvalue weighted by Gasteiger charge is 2.17. The van der Waals surface area contributed by atoms with Crippen LogP contribution in [0.3, 0.4) is 0 Å².